The summed E-state index contributed by atoms with van der Waals surface area (Å²) in [5.74, 6) is 0.101. The molecule has 0 atom stereocenters. The molecule has 1 nitrogen and oxygen atoms in total. The second kappa shape index (κ2) is 4.11. The van der Waals surface area contributed by atoms with Crippen LogP contribution in [0.25, 0.3) is 0 Å². The molecule has 0 aromatic heterocycles. The topological polar surface area (TPSA) is 17.1 Å². The van der Waals surface area contributed by atoms with Crippen LogP contribution >= 0.6 is 0 Å². The molecule has 1 aliphatic rings. The molecule has 0 aliphatic heterocycles. The molecule has 13 heavy (non-hydrogen) atoms. The van der Waals surface area contributed by atoms with Gasteiger partial charge in [-0.2, -0.15) is 13.2 Å². The highest BCUT2D eigenvalue weighted by Crippen LogP contribution is 2.29. The lowest BCUT2D eigenvalue weighted by molar-refractivity contribution is -0.138. The van der Waals surface area contributed by atoms with Crippen molar-refractivity contribution in [2.75, 3.05) is 0 Å². The zero-order valence-corrected chi connectivity index (χ0v) is 7.36. The Morgan fingerprint density at radius 2 is 1.92 bits per heavy atom. The van der Waals surface area contributed by atoms with Gasteiger partial charge in [0.15, 0.2) is 0 Å². The third-order valence-corrected chi connectivity index (χ3v) is 2.44. The fourth-order valence-electron chi connectivity index (χ4n) is 1.40. The van der Waals surface area contributed by atoms with Crippen LogP contribution in [0.4, 0.5) is 13.2 Å². The summed E-state index contributed by atoms with van der Waals surface area (Å²) in [5.41, 5.74) is 0. The highest BCUT2D eigenvalue weighted by molar-refractivity contribution is 5.81. The maximum Gasteiger partial charge on any atom is 0.389 e. The molecule has 0 spiro atoms. The number of halogens is 3. The number of carbonyl (C=O) groups excluding carboxylic acids is 1. The Balaban J connectivity index is 2.08. The summed E-state index contributed by atoms with van der Waals surface area (Å²) in [6, 6.07) is 0. The van der Waals surface area contributed by atoms with Gasteiger partial charge in [-0.15, -0.1) is 0 Å². The predicted octanol–water partition coefficient (Wildman–Crippen LogP) is 3.09. The lowest BCUT2D eigenvalue weighted by Crippen LogP contribution is -2.22. The van der Waals surface area contributed by atoms with Crippen molar-refractivity contribution in [3.05, 3.63) is 0 Å². The molecular weight excluding hydrogens is 181 g/mol. The molecule has 0 aromatic rings. The minimum Gasteiger partial charge on any atom is -0.299 e. The standard InChI is InChI=1S/C9H13F3O/c10-9(11,12)6-2-5-8(13)7-3-1-4-7/h7H,1-6H2. The van der Waals surface area contributed by atoms with Crippen LogP contribution in [0.3, 0.4) is 0 Å². The van der Waals surface area contributed by atoms with Gasteiger partial charge in [0.05, 0.1) is 0 Å². The highest BCUT2D eigenvalue weighted by atomic mass is 19.4. The molecule has 1 aliphatic carbocycles. The van der Waals surface area contributed by atoms with Gasteiger partial charge in [-0.25, -0.2) is 0 Å². The predicted molar refractivity (Wildman–Crippen MR) is 42.3 cm³/mol. The fraction of sp³-hybridized carbons (Fsp3) is 0.889. The van der Waals surface area contributed by atoms with Gasteiger partial charge in [0.25, 0.3) is 0 Å². The monoisotopic (exact) mass is 194 g/mol. The minimum atomic E-state index is -4.11. The molecule has 0 radical (unpaired) electrons. The number of carbonyl (C=O) groups is 1. The first kappa shape index (κ1) is 10.5. The van der Waals surface area contributed by atoms with E-state index in [2.05, 4.69) is 0 Å². The zero-order chi connectivity index (χ0) is 9.90. The maximum atomic E-state index is 11.7. The van der Waals surface area contributed by atoms with Gasteiger partial charge in [-0.1, -0.05) is 6.42 Å². The summed E-state index contributed by atoms with van der Waals surface area (Å²) in [6.07, 6.45) is -2.07. The van der Waals surface area contributed by atoms with Gasteiger partial charge in [-0.3, -0.25) is 4.79 Å². The molecule has 76 valence electrons. The van der Waals surface area contributed by atoms with Crippen LogP contribution in [0.15, 0.2) is 0 Å². The van der Waals surface area contributed by atoms with E-state index in [0.717, 1.165) is 19.3 Å². The number of alkyl halides is 3. The SMILES string of the molecule is O=C(CCCC(F)(F)F)C1CCC1. The van der Waals surface area contributed by atoms with Crippen molar-refractivity contribution in [2.24, 2.45) is 5.92 Å². The Morgan fingerprint density at radius 1 is 1.31 bits per heavy atom. The zero-order valence-electron chi connectivity index (χ0n) is 7.36. The molecule has 0 heterocycles. The Bertz CT molecular complexity index is 182. The summed E-state index contributed by atoms with van der Waals surface area (Å²) in [7, 11) is 0. The van der Waals surface area contributed by atoms with Crippen molar-refractivity contribution in [1.29, 1.82) is 0 Å². The molecule has 0 unspecified atom stereocenters. The van der Waals surface area contributed by atoms with Gasteiger partial charge < -0.3 is 0 Å². The highest BCUT2D eigenvalue weighted by Gasteiger charge is 2.29. The summed E-state index contributed by atoms with van der Waals surface area (Å²) >= 11 is 0. The van der Waals surface area contributed by atoms with Crippen LogP contribution < -0.4 is 0 Å². The molecule has 0 bridgehead atoms. The van der Waals surface area contributed by atoms with Gasteiger partial charge in [0.2, 0.25) is 0 Å². The number of Topliss-reactive ketones (excluding diaryl/α,β-unsaturated/α-hetero) is 1. The number of ketones is 1. The van der Waals surface area contributed by atoms with Gasteiger partial charge in [-0.05, 0) is 19.3 Å². The van der Waals surface area contributed by atoms with E-state index < -0.39 is 12.6 Å². The molecular formula is C9H13F3O. The van der Waals surface area contributed by atoms with E-state index in [9.17, 15) is 18.0 Å². The lowest BCUT2D eigenvalue weighted by atomic mass is 9.81. The molecule has 1 saturated carbocycles. The van der Waals surface area contributed by atoms with E-state index in [0.29, 0.717) is 0 Å². The van der Waals surface area contributed by atoms with Crippen LogP contribution in [0.1, 0.15) is 38.5 Å². The summed E-state index contributed by atoms with van der Waals surface area (Å²) in [6.45, 7) is 0. The van der Waals surface area contributed by atoms with E-state index in [1.54, 1.807) is 0 Å². The van der Waals surface area contributed by atoms with E-state index in [-0.39, 0.29) is 24.5 Å². The molecule has 0 saturated heterocycles. The third kappa shape index (κ3) is 3.79. The second-order valence-electron chi connectivity index (χ2n) is 3.56. The van der Waals surface area contributed by atoms with Crippen LogP contribution in [-0.4, -0.2) is 12.0 Å². The van der Waals surface area contributed by atoms with Gasteiger partial charge in [0, 0.05) is 18.8 Å². The first-order chi connectivity index (χ1) is 5.99. The quantitative estimate of drug-likeness (QED) is 0.672. The molecule has 0 amide bonds. The summed E-state index contributed by atoms with van der Waals surface area (Å²) in [5, 5.41) is 0. The molecule has 1 rings (SSSR count). The smallest absolute Gasteiger partial charge is 0.299 e. The number of hydrogen-bond acceptors (Lipinski definition) is 1. The summed E-state index contributed by atoms with van der Waals surface area (Å²) in [4.78, 5) is 11.1. The lowest BCUT2D eigenvalue weighted by Gasteiger charge is -2.23. The number of rotatable bonds is 4. The molecule has 0 aromatic carbocycles. The average Bonchev–Trinajstić information content (AvgIpc) is 1.79. The Kier molecular flexibility index (Phi) is 3.33. The van der Waals surface area contributed by atoms with Crippen molar-refractivity contribution in [3.63, 3.8) is 0 Å². The van der Waals surface area contributed by atoms with Crippen molar-refractivity contribution in [1.82, 2.24) is 0 Å². The molecule has 4 heteroatoms. The van der Waals surface area contributed by atoms with Crippen molar-refractivity contribution in [2.45, 2.75) is 44.7 Å². The number of hydrogen-bond donors (Lipinski definition) is 0. The third-order valence-electron chi connectivity index (χ3n) is 2.44. The van der Waals surface area contributed by atoms with Crippen LogP contribution in [0.2, 0.25) is 0 Å². The molecule has 1 fully saturated rings. The van der Waals surface area contributed by atoms with Crippen molar-refractivity contribution in [3.8, 4) is 0 Å². The van der Waals surface area contributed by atoms with E-state index in [1.165, 1.54) is 0 Å². The Hall–Kier alpha value is -0.540. The van der Waals surface area contributed by atoms with Crippen molar-refractivity contribution < 1.29 is 18.0 Å². The minimum absolute atomic E-state index is 0.0236. The van der Waals surface area contributed by atoms with Crippen LogP contribution in [-0.2, 0) is 4.79 Å². The fourth-order valence-corrected chi connectivity index (χ4v) is 1.40. The van der Waals surface area contributed by atoms with E-state index in [1.807, 2.05) is 0 Å². The van der Waals surface area contributed by atoms with Crippen LogP contribution in [0, 0.1) is 5.92 Å². The molecule has 0 N–H and O–H groups in total. The maximum absolute atomic E-state index is 11.7. The summed E-state index contributed by atoms with van der Waals surface area (Å²) < 4.78 is 35.1. The van der Waals surface area contributed by atoms with Gasteiger partial charge in [0.1, 0.15) is 5.78 Å². The largest absolute Gasteiger partial charge is 0.389 e. The van der Waals surface area contributed by atoms with E-state index in [4.69, 9.17) is 0 Å². The first-order valence-electron chi connectivity index (χ1n) is 4.58. The Labute approximate surface area is 75.3 Å². The van der Waals surface area contributed by atoms with Crippen LogP contribution in [0.5, 0.6) is 0 Å². The van der Waals surface area contributed by atoms with E-state index >= 15 is 0 Å². The normalized spacial score (nSPS) is 18.4. The Morgan fingerprint density at radius 3 is 2.31 bits per heavy atom. The second-order valence-corrected chi connectivity index (χ2v) is 3.56. The van der Waals surface area contributed by atoms with Gasteiger partial charge >= 0.3 is 6.18 Å². The average molecular weight is 194 g/mol. The van der Waals surface area contributed by atoms with Crippen molar-refractivity contribution >= 4 is 5.78 Å². The first-order valence-corrected chi connectivity index (χ1v) is 4.58.